The molecule has 28 heavy (non-hydrogen) atoms. The predicted octanol–water partition coefficient (Wildman–Crippen LogP) is 0.458. The third-order valence-corrected chi connectivity index (χ3v) is 5.38. The first-order valence-corrected chi connectivity index (χ1v) is 10.2. The van der Waals surface area contributed by atoms with Crippen LogP contribution in [0, 0.1) is 0 Å². The summed E-state index contributed by atoms with van der Waals surface area (Å²) in [7, 11) is -9.55. The predicted molar refractivity (Wildman–Crippen MR) is 95.9 cm³/mol. The average Bonchev–Trinajstić information content (AvgIpc) is 2.59. The van der Waals surface area contributed by atoms with Crippen molar-refractivity contribution in [3.05, 3.63) is 54.6 Å². The minimum absolute atomic E-state index is 0. The van der Waals surface area contributed by atoms with Crippen molar-refractivity contribution in [1.29, 1.82) is 0 Å². The average molecular weight is 431 g/mol. The van der Waals surface area contributed by atoms with Crippen molar-refractivity contribution in [2.24, 2.45) is 10.2 Å². The maximum atomic E-state index is 11.7. The second-order valence-corrected chi connectivity index (χ2v) is 8.19. The van der Waals surface area contributed by atoms with Crippen LogP contribution in [-0.2, 0) is 20.2 Å². The molecule has 0 unspecified atom stereocenters. The fourth-order valence-electron chi connectivity index (χ4n) is 2.48. The molecule has 3 rings (SSSR count). The van der Waals surface area contributed by atoms with Gasteiger partial charge in [-0.15, -0.1) is 5.11 Å². The van der Waals surface area contributed by atoms with Crippen LogP contribution >= 0.6 is 0 Å². The fourth-order valence-corrected chi connectivity index (χ4v) is 3.86. The van der Waals surface area contributed by atoms with Crippen LogP contribution in [-0.4, -0.2) is 31.0 Å². The van der Waals surface area contributed by atoms with Crippen molar-refractivity contribution < 1.29 is 60.6 Å². The molecule has 3 aromatic carbocycles. The van der Waals surface area contributed by atoms with Gasteiger partial charge in [0.2, 0.25) is 0 Å². The molecule has 3 aromatic rings. The first kappa shape index (κ1) is 22.4. The number of rotatable bonds is 4. The molecule has 0 radical (unpaired) electrons. The zero-order chi connectivity index (χ0) is 19.8. The van der Waals surface area contributed by atoms with E-state index in [2.05, 4.69) is 10.2 Å². The van der Waals surface area contributed by atoms with Gasteiger partial charge in [0.1, 0.15) is 15.5 Å². The summed E-state index contributed by atoms with van der Waals surface area (Å²) in [6, 6.07) is 12.6. The van der Waals surface area contributed by atoms with Crippen molar-refractivity contribution >= 4 is 42.4 Å². The van der Waals surface area contributed by atoms with Crippen LogP contribution in [0.2, 0.25) is 0 Å². The fraction of sp³-hybridized carbons (Fsp3) is 0. The molecule has 0 aliphatic heterocycles. The van der Waals surface area contributed by atoms with E-state index in [4.69, 9.17) is 0 Å². The summed E-state index contributed by atoms with van der Waals surface area (Å²) in [5, 5.41) is 17.6. The van der Waals surface area contributed by atoms with Crippen LogP contribution in [0.5, 0.6) is 5.75 Å². The minimum Gasteiger partial charge on any atom is -0.505 e. The number of fused-ring (bicyclic) bond motifs is 1. The van der Waals surface area contributed by atoms with Gasteiger partial charge in [0.05, 0.1) is 5.69 Å². The summed E-state index contributed by atoms with van der Waals surface area (Å²) in [6.07, 6.45) is 0. The molecular formula is C16H12N2NaO7S2+. The Labute approximate surface area is 182 Å². The molecule has 0 atom stereocenters. The summed E-state index contributed by atoms with van der Waals surface area (Å²) in [6.45, 7) is 0. The van der Waals surface area contributed by atoms with Crippen molar-refractivity contribution in [3.8, 4) is 5.75 Å². The SMILES string of the molecule is O=S(=O)(O)c1cc2cccc(S(=O)(=O)O)c2c(O)c1N=Nc1ccccc1.[Na+]. The molecule has 0 aliphatic carbocycles. The summed E-state index contributed by atoms with van der Waals surface area (Å²) < 4.78 is 65.5. The van der Waals surface area contributed by atoms with E-state index in [9.17, 15) is 31.0 Å². The number of benzene rings is 3. The van der Waals surface area contributed by atoms with Gasteiger partial charge >= 0.3 is 29.6 Å². The van der Waals surface area contributed by atoms with E-state index in [1.165, 1.54) is 12.1 Å². The molecule has 0 heterocycles. The summed E-state index contributed by atoms with van der Waals surface area (Å²) in [4.78, 5) is -1.41. The van der Waals surface area contributed by atoms with Gasteiger partial charge in [-0.25, -0.2) is 0 Å². The van der Waals surface area contributed by atoms with Gasteiger partial charge in [0.25, 0.3) is 20.2 Å². The Morgan fingerprint density at radius 2 is 1.36 bits per heavy atom. The maximum Gasteiger partial charge on any atom is 1.00 e. The van der Waals surface area contributed by atoms with E-state index in [0.29, 0.717) is 5.69 Å². The zero-order valence-electron chi connectivity index (χ0n) is 14.4. The third kappa shape index (κ3) is 4.58. The molecule has 12 heteroatoms. The molecule has 0 fully saturated rings. The van der Waals surface area contributed by atoms with Gasteiger partial charge < -0.3 is 5.11 Å². The van der Waals surface area contributed by atoms with Crippen LogP contribution in [0.4, 0.5) is 11.4 Å². The van der Waals surface area contributed by atoms with Gasteiger partial charge in [-0.1, -0.05) is 30.3 Å². The Bertz CT molecular complexity index is 1280. The standard InChI is InChI=1S/C16H12N2O7S2.Na/c19-16-14-10(5-4-8-12(14)26(20,21)22)9-13(27(23,24)25)15(16)18-17-11-6-2-1-3-7-11;/h1-9,19H,(H,20,21,22)(H,23,24,25);/q;+1. The van der Waals surface area contributed by atoms with Crippen LogP contribution in [0.3, 0.4) is 0 Å². The molecule has 0 saturated carbocycles. The monoisotopic (exact) mass is 431 g/mol. The van der Waals surface area contributed by atoms with Crippen LogP contribution < -0.4 is 29.6 Å². The van der Waals surface area contributed by atoms with Crippen molar-refractivity contribution in [2.45, 2.75) is 9.79 Å². The third-order valence-electron chi connectivity index (χ3n) is 3.62. The van der Waals surface area contributed by atoms with Gasteiger partial charge in [-0.2, -0.15) is 21.9 Å². The number of aromatic hydroxyl groups is 1. The molecule has 0 amide bonds. The zero-order valence-corrected chi connectivity index (χ0v) is 18.0. The number of nitrogens with zero attached hydrogens (tertiary/aromatic N) is 2. The molecule has 0 bridgehead atoms. The number of phenols is 1. The summed E-state index contributed by atoms with van der Waals surface area (Å²) >= 11 is 0. The Hall–Kier alpha value is -1.86. The molecule has 0 saturated heterocycles. The van der Waals surface area contributed by atoms with Crippen molar-refractivity contribution in [1.82, 2.24) is 0 Å². The maximum absolute atomic E-state index is 11.7. The number of hydrogen-bond donors (Lipinski definition) is 3. The Morgan fingerprint density at radius 1 is 0.750 bits per heavy atom. The first-order valence-electron chi connectivity index (χ1n) is 7.29. The number of hydrogen-bond acceptors (Lipinski definition) is 7. The van der Waals surface area contributed by atoms with Gasteiger partial charge in [0, 0.05) is 5.39 Å². The summed E-state index contributed by atoms with van der Waals surface area (Å²) in [5.74, 6) is -0.868. The smallest absolute Gasteiger partial charge is 0.505 e. The Balaban J connectivity index is 0.00000280. The largest absolute Gasteiger partial charge is 1.00 e. The van der Waals surface area contributed by atoms with E-state index in [1.54, 1.807) is 30.3 Å². The number of phenolic OH excluding ortho intramolecular Hbond substituents is 1. The van der Waals surface area contributed by atoms with Crippen molar-refractivity contribution in [2.75, 3.05) is 0 Å². The molecule has 0 spiro atoms. The van der Waals surface area contributed by atoms with E-state index < -0.39 is 41.5 Å². The minimum atomic E-state index is -4.83. The Kier molecular flexibility index (Phi) is 6.61. The van der Waals surface area contributed by atoms with Crippen LogP contribution in [0.1, 0.15) is 0 Å². The molecule has 0 aromatic heterocycles. The number of azo groups is 1. The van der Waals surface area contributed by atoms with E-state index in [0.717, 1.165) is 12.1 Å². The van der Waals surface area contributed by atoms with Gasteiger partial charge in [0.15, 0.2) is 5.75 Å². The van der Waals surface area contributed by atoms with Crippen LogP contribution in [0.15, 0.2) is 74.6 Å². The Morgan fingerprint density at radius 3 is 1.93 bits per heavy atom. The van der Waals surface area contributed by atoms with Gasteiger partial charge in [-0.3, -0.25) is 9.11 Å². The summed E-state index contributed by atoms with van der Waals surface area (Å²) in [5.41, 5.74) is -0.341. The van der Waals surface area contributed by atoms with E-state index in [-0.39, 0.29) is 40.3 Å². The van der Waals surface area contributed by atoms with Crippen LogP contribution in [0.25, 0.3) is 10.8 Å². The molecule has 9 nitrogen and oxygen atoms in total. The van der Waals surface area contributed by atoms with Crippen molar-refractivity contribution in [3.63, 3.8) is 0 Å². The molecule has 0 aliphatic rings. The molecular weight excluding hydrogens is 419 g/mol. The molecule has 140 valence electrons. The van der Waals surface area contributed by atoms with Gasteiger partial charge in [-0.05, 0) is 29.7 Å². The molecule has 3 N–H and O–H groups in total. The normalized spacial score (nSPS) is 12.2. The first-order chi connectivity index (χ1) is 12.6. The van der Waals surface area contributed by atoms with E-state index in [1.807, 2.05) is 0 Å². The second-order valence-electron chi connectivity index (χ2n) is 5.41. The van der Waals surface area contributed by atoms with E-state index >= 15 is 0 Å². The second kappa shape index (κ2) is 8.25. The topological polar surface area (TPSA) is 154 Å². The quantitative estimate of drug-likeness (QED) is 0.308.